The summed E-state index contributed by atoms with van der Waals surface area (Å²) in [6.45, 7) is 7.82. The number of carbonyl (C=O) groups excluding carboxylic acids is 1. The summed E-state index contributed by atoms with van der Waals surface area (Å²) in [7, 11) is 0. The van der Waals surface area contributed by atoms with Crippen LogP contribution in [0.1, 0.15) is 32.3 Å². The largest absolute Gasteiger partial charge is 0.379 e. The lowest BCUT2D eigenvalue weighted by atomic mass is 10.1. The molecule has 28 heavy (non-hydrogen) atoms. The number of guanidine groups is 1. The van der Waals surface area contributed by atoms with Crippen LogP contribution in [0.15, 0.2) is 29.3 Å². The highest BCUT2D eigenvalue weighted by molar-refractivity contribution is 14.0. The predicted octanol–water partition coefficient (Wildman–Crippen LogP) is 2.56. The maximum Gasteiger partial charge on any atom is 0.246 e. The van der Waals surface area contributed by atoms with E-state index >= 15 is 0 Å². The number of hydrogen-bond acceptors (Lipinski definition) is 4. The third-order valence-electron chi connectivity index (χ3n) is 4.20. The molecule has 1 aliphatic rings. The quantitative estimate of drug-likeness (QED) is 0.198. The molecule has 1 aromatic carbocycles. The number of nitrogens with one attached hydrogen (secondary N) is 3. The zero-order chi connectivity index (χ0) is 19.3. The van der Waals surface area contributed by atoms with Crippen LogP contribution in [0.5, 0.6) is 0 Å². The molecule has 0 aliphatic carbocycles. The zero-order valence-electron chi connectivity index (χ0n) is 16.8. The van der Waals surface area contributed by atoms with Gasteiger partial charge in [-0.05, 0) is 43.9 Å². The number of aliphatic imine (C=N–C) groups is 1. The molecule has 0 aromatic heterocycles. The standard InChI is InChI=1S/C20H32N4O3.HI/c1-3-16-7-5-8-17(13-16)24-19(25)14-23-20(21-4-2)22-10-6-11-27-18-9-12-26-15-18;/h5,7-8,13,18H,3-4,6,9-12,14-15H2,1-2H3,(H,24,25)(H2,21,22,23);1H. The molecule has 0 radical (unpaired) electrons. The summed E-state index contributed by atoms with van der Waals surface area (Å²) in [5.74, 6) is 0.504. The van der Waals surface area contributed by atoms with Crippen molar-refractivity contribution in [3.8, 4) is 0 Å². The van der Waals surface area contributed by atoms with E-state index in [1.54, 1.807) is 0 Å². The fraction of sp³-hybridized carbons (Fsp3) is 0.600. The van der Waals surface area contributed by atoms with E-state index < -0.39 is 0 Å². The number of benzene rings is 1. The smallest absolute Gasteiger partial charge is 0.246 e. The Morgan fingerprint density at radius 2 is 2.18 bits per heavy atom. The van der Waals surface area contributed by atoms with E-state index in [4.69, 9.17) is 9.47 Å². The number of rotatable bonds is 10. The molecule has 0 spiro atoms. The third-order valence-corrected chi connectivity index (χ3v) is 4.20. The fourth-order valence-electron chi connectivity index (χ4n) is 2.74. The first kappa shape index (κ1) is 24.6. The van der Waals surface area contributed by atoms with Gasteiger partial charge in [-0.2, -0.15) is 0 Å². The van der Waals surface area contributed by atoms with E-state index in [2.05, 4.69) is 27.9 Å². The van der Waals surface area contributed by atoms with Gasteiger partial charge in [0.25, 0.3) is 0 Å². The Labute approximate surface area is 185 Å². The number of hydrogen-bond donors (Lipinski definition) is 3. The summed E-state index contributed by atoms with van der Waals surface area (Å²) >= 11 is 0. The second-order valence-electron chi connectivity index (χ2n) is 6.43. The Bertz CT molecular complexity index is 607. The molecule has 0 saturated carbocycles. The van der Waals surface area contributed by atoms with Gasteiger partial charge < -0.3 is 25.4 Å². The molecule has 158 valence electrons. The Balaban J connectivity index is 0.00000392. The van der Waals surface area contributed by atoms with Gasteiger partial charge in [-0.15, -0.1) is 24.0 Å². The minimum Gasteiger partial charge on any atom is -0.379 e. The molecule has 2 rings (SSSR count). The first-order valence-corrected chi connectivity index (χ1v) is 9.81. The van der Waals surface area contributed by atoms with E-state index in [9.17, 15) is 4.79 Å². The molecule has 3 N–H and O–H groups in total. The van der Waals surface area contributed by atoms with Gasteiger partial charge in [0, 0.05) is 32.0 Å². The summed E-state index contributed by atoms with van der Waals surface area (Å²) in [5, 5.41) is 9.27. The minimum absolute atomic E-state index is 0. The fourth-order valence-corrected chi connectivity index (χ4v) is 2.74. The van der Waals surface area contributed by atoms with Crippen molar-refractivity contribution < 1.29 is 14.3 Å². The Kier molecular flexibility index (Phi) is 12.8. The predicted molar refractivity (Wildman–Crippen MR) is 124 cm³/mol. The number of anilines is 1. The summed E-state index contributed by atoms with van der Waals surface area (Å²) in [4.78, 5) is 16.5. The van der Waals surface area contributed by atoms with Crippen molar-refractivity contribution in [1.29, 1.82) is 0 Å². The summed E-state index contributed by atoms with van der Waals surface area (Å²) in [5.41, 5.74) is 2.00. The third kappa shape index (κ3) is 9.70. The lowest BCUT2D eigenvalue weighted by molar-refractivity contribution is -0.114. The van der Waals surface area contributed by atoms with Crippen molar-refractivity contribution >= 4 is 41.5 Å². The van der Waals surface area contributed by atoms with Crippen LogP contribution < -0.4 is 16.0 Å². The molecule has 7 nitrogen and oxygen atoms in total. The maximum atomic E-state index is 12.1. The van der Waals surface area contributed by atoms with Gasteiger partial charge in [0.15, 0.2) is 5.96 Å². The van der Waals surface area contributed by atoms with Crippen molar-refractivity contribution in [2.75, 3.05) is 44.8 Å². The summed E-state index contributed by atoms with van der Waals surface area (Å²) in [6, 6.07) is 7.87. The Morgan fingerprint density at radius 3 is 2.89 bits per heavy atom. The molecule has 1 atom stereocenters. The lowest BCUT2D eigenvalue weighted by Gasteiger charge is -2.13. The monoisotopic (exact) mass is 504 g/mol. The van der Waals surface area contributed by atoms with Gasteiger partial charge >= 0.3 is 0 Å². The molecule has 1 fully saturated rings. The van der Waals surface area contributed by atoms with Crippen LogP contribution in [-0.4, -0.2) is 57.4 Å². The van der Waals surface area contributed by atoms with Crippen LogP contribution in [0.4, 0.5) is 5.69 Å². The van der Waals surface area contributed by atoms with Crippen LogP contribution in [0.25, 0.3) is 0 Å². The molecule has 0 bridgehead atoms. The second kappa shape index (κ2) is 14.6. The van der Waals surface area contributed by atoms with Crippen molar-refractivity contribution in [2.45, 2.75) is 39.2 Å². The van der Waals surface area contributed by atoms with Gasteiger partial charge in [-0.3, -0.25) is 4.79 Å². The van der Waals surface area contributed by atoms with E-state index in [0.29, 0.717) is 19.2 Å². The number of amides is 1. The highest BCUT2D eigenvalue weighted by Gasteiger charge is 2.15. The van der Waals surface area contributed by atoms with Gasteiger partial charge in [0.05, 0.1) is 12.7 Å². The summed E-state index contributed by atoms with van der Waals surface area (Å²) < 4.78 is 11.0. The van der Waals surface area contributed by atoms with E-state index in [1.165, 1.54) is 5.56 Å². The topological polar surface area (TPSA) is 84.0 Å². The molecule has 8 heteroatoms. The van der Waals surface area contributed by atoms with Crippen molar-refractivity contribution in [3.05, 3.63) is 29.8 Å². The number of aryl methyl sites for hydroxylation is 1. The molecule has 1 aliphatic heterocycles. The SMILES string of the molecule is CCNC(=NCC(=O)Nc1cccc(CC)c1)NCCCOC1CCOC1.I. The average molecular weight is 504 g/mol. The molecule has 1 amide bonds. The summed E-state index contributed by atoms with van der Waals surface area (Å²) in [6.07, 6.45) is 3.03. The highest BCUT2D eigenvalue weighted by atomic mass is 127. The van der Waals surface area contributed by atoms with Crippen molar-refractivity contribution in [1.82, 2.24) is 10.6 Å². The molecular formula is C20H33IN4O3. The van der Waals surface area contributed by atoms with Crippen molar-refractivity contribution in [3.63, 3.8) is 0 Å². The van der Waals surface area contributed by atoms with Crippen molar-refractivity contribution in [2.24, 2.45) is 4.99 Å². The van der Waals surface area contributed by atoms with Gasteiger partial charge in [0.2, 0.25) is 5.91 Å². The molecule has 1 saturated heterocycles. The van der Waals surface area contributed by atoms with Crippen LogP contribution in [0.3, 0.4) is 0 Å². The zero-order valence-corrected chi connectivity index (χ0v) is 19.2. The molecular weight excluding hydrogens is 471 g/mol. The second-order valence-corrected chi connectivity index (χ2v) is 6.43. The number of carbonyl (C=O) groups is 1. The van der Waals surface area contributed by atoms with Gasteiger partial charge in [0.1, 0.15) is 6.54 Å². The van der Waals surface area contributed by atoms with E-state index in [-0.39, 0.29) is 42.5 Å². The van der Waals surface area contributed by atoms with Crippen LogP contribution >= 0.6 is 24.0 Å². The molecule has 1 heterocycles. The maximum absolute atomic E-state index is 12.1. The number of ether oxygens (including phenoxy) is 2. The van der Waals surface area contributed by atoms with Crippen LogP contribution in [0.2, 0.25) is 0 Å². The van der Waals surface area contributed by atoms with E-state index in [1.807, 2.05) is 31.2 Å². The van der Waals surface area contributed by atoms with Gasteiger partial charge in [-0.1, -0.05) is 19.1 Å². The first-order valence-electron chi connectivity index (χ1n) is 9.81. The van der Waals surface area contributed by atoms with Gasteiger partial charge in [-0.25, -0.2) is 4.99 Å². The van der Waals surface area contributed by atoms with Crippen LogP contribution in [0, 0.1) is 0 Å². The highest BCUT2D eigenvalue weighted by Crippen LogP contribution is 2.11. The van der Waals surface area contributed by atoms with Crippen LogP contribution in [-0.2, 0) is 20.7 Å². The number of nitrogens with zero attached hydrogens (tertiary/aromatic N) is 1. The Morgan fingerprint density at radius 1 is 1.32 bits per heavy atom. The Hall–Kier alpha value is -1.39. The molecule has 1 aromatic rings. The normalized spacial score (nSPS) is 16.4. The lowest BCUT2D eigenvalue weighted by Crippen LogP contribution is -2.38. The van der Waals surface area contributed by atoms with E-state index in [0.717, 1.165) is 44.6 Å². The average Bonchev–Trinajstić information content (AvgIpc) is 3.19. The number of halogens is 1. The first-order chi connectivity index (χ1) is 13.2. The molecule has 1 unspecified atom stereocenters. The minimum atomic E-state index is -0.134.